The molecule has 0 fully saturated rings. The third-order valence-electron chi connectivity index (χ3n) is 4.01. The molecule has 0 aliphatic carbocycles. The number of benzene rings is 2. The van der Waals surface area contributed by atoms with Gasteiger partial charge in [0, 0.05) is 16.7 Å². The van der Waals surface area contributed by atoms with Gasteiger partial charge in [-0.15, -0.1) is 0 Å². The van der Waals surface area contributed by atoms with Crippen LogP contribution >= 0.6 is 11.6 Å². The van der Waals surface area contributed by atoms with Crippen LogP contribution in [0.2, 0.25) is 5.02 Å². The molecule has 1 N–H and O–H groups in total. The van der Waals surface area contributed by atoms with E-state index in [1.807, 2.05) is 30.3 Å². The number of ether oxygens (including phenoxy) is 1. The second kappa shape index (κ2) is 8.05. The average Bonchev–Trinajstić information content (AvgIpc) is 2.65. The minimum absolute atomic E-state index is 0.164. The first-order valence-corrected chi connectivity index (χ1v) is 8.63. The van der Waals surface area contributed by atoms with E-state index in [9.17, 15) is 9.59 Å². The Morgan fingerprint density at radius 2 is 1.93 bits per heavy atom. The van der Waals surface area contributed by atoms with E-state index >= 15 is 0 Å². The molecule has 7 heteroatoms. The molecule has 2 aromatic carbocycles. The van der Waals surface area contributed by atoms with Crippen LogP contribution in [-0.2, 0) is 11.3 Å². The maximum absolute atomic E-state index is 12.5. The van der Waals surface area contributed by atoms with E-state index in [1.165, 1.54) is 17.7 Å². The number of anilines is 1. The van der Waals surface area contributed by atoms with Crippen LogP contribution in [0.3, 0.4) is 0 Å². The highest BCUT2D eigenvalue weighted by molar-refractivity contribution is 6.31. The Morgan fingerprint density at radius 1 is 1.19 bits per heavy atom. The van der Waals surface area contributed by atoms with E-state index in [-0.39, 0.29) is 18.0 Å². The quantitative estimate of drug-likeness (QED) is 0.731. The van der Waals surface area contributed by atoms with Crippen molar-refractivity contribution in [2.24, 2.45) is 0 Å². The number of methoxy groups -OCH3 is 1. The lowest BCUT2D eigenvalue weighted by Gasteiger charge is -2.13. The standard InChI is InChI=1S/C20H18ClN3O3/c1-13-22-16(14-6-4-3-5-7-14)11-20(26)24(13)12-19(25)23-17-10-15(21)8-9-18(17)27-2/h3-11H,12H2,1-2H3,(H,23,25). The molecule has 1 heterocycles. The molecule has 1 aromatic heterocycles. The molecule has 0 radical (unpaired) electrons. The predicted molar refractivity (Wildman–Crippen MR) is 105 cm³/mol. The van der Waals surface area contributed by atoms with Crippen LogP contribution in [0, 0.1) is 6.92 Å². The van der Waals surface area contributed by atoms with Crippen LogP contribution < -0.4 is 15.6 Å². The molecule has 0 atom stereocenters. The van der Waals surface area contributed by atoms with E-state index in [1.54, 1.807) is 25.1 Å². The number of aromatic nitrogens is 2. The van der Waals surface area contributed by atoms with E-state index < -0.39 is 0 Å². The van der Waals surface area contributed by atoms with Crippen LogP contribution in [0.5, 0.6) is 5.75 Å². The van der Waals surface area contributed by atoms with Gasteiger partial charge in [0.2, 0.25) is 5.91 Å². The number of carbonyl (C=O) groups excluding carboxylic acids is 1. The topological polar surface area (TPSA) is 73.2 Å². The molecule has 6 nitrogen and oxygen atoms in total. The van der Waals surface area contributed by atoms with Crippen LogP contribution in [-0.4, -0.2) is 22.6 Å². The number of halogens is 1. The van der Waals surface area contributed by atoms with Crippen molar-refractivity contribution in [3.63, 3.8) is 0 Å². The third-order valence-corrected chi connectivity index (χ3v) is 4.24. The summed E-state index contributed by atoms with van der Waals surface area (Å²) < 4.78 is 6.53. The highest BCUT2D eigenvalue weighted by Crippen LogP contribution is 2.27. The van der Waals surface area contributed by atoms with Gasteiger partial charge < -0.3 is 10.1 Å². The maximum atomic E-state index is 12.5. The fourth-order valence-electron chi connectivity index (χ4n) is 2.68. The molecule has 27 heavy (non-hydrogen) atoms. The van der Waals surface area contributed by atoms with Gasteiger partial charge in [-0.3, -0.25) is 14.2 Å². The molecule has 0 aliphatic heterocycles. The summed E-state index contributed by atoms with van der Waals surface area (Å²) in [5, 5.41) is 3.18. The van der Waals surface area contributed by atoms with Crippen LogP contribution in [0.25, 0.3) is 11.3 Å². The van der Waals surface area contributed by atoms with Crippen molar-refractivity contribution in [3.8, 4) is 17.0 Å². The van der Waals surface area contributed by atoms with Crippen molar-refractivity contribution in [3.05, 3.63) is 75.8 Å². The molecule has 0 aliphatic rings. The minimum Gasteiger partial charge on any atom is -0.495 e. The van der Waals surface area contributed by atoms with Crippen LogP contribution in [0.1, 0.15) is 5.82 Å². The van der Waals surface area contributed by atoms with Crippen molar-refractivity contribution in [2.75, 3.05) is 12.4 Å². The molecule has 138 valence electrons. The molecule has 0 spiro atoms. The number of rotatable bonds is 5. The zero-order chi connectivity index (χ0) is 19.4. The average molecular weight is 384 g/mol. The lowest BCUT2D eigenvalue weighted by molar-refractivity contribution is -0.116. The highest BCUT2D eigenvalue weighted by atomic mass is 35.5. The van der Waals surface area contributed by atoms with Gasteiger partial charge in [0.15, 0.2) is 0 Å². The number of hydrogen-bond acceptors (Lipinski definition) is 4. The molecule has 0 bridgehead atoms. The van der Waals surface area contributed by atoms with Gasteiger partial charge in [-0.1, -0.05) is 41.9 Å². The van der Waals surface area contributed by atoms with Crippen LogP contribution in [0.15, 0.2) is 59.4 Å². The number of aryl methyl sites for hydroxylation is 1. The fourth-order valence-corrected chi connectivity index (χ4v) is 2.85. The van der Waals surface area contributed by atoms with Crippen molar-refractivity contribution in [1.29, 1.82) is 0 Å². The monoisotopic (exact) mass is 383 g/mol. The zero-order valence-electron chi connectivity index (χ0n) is 14.9. The summed E-state index contributed by atoms with van der Waals surface area (Å²) in [6.45, 7) is 1.53. The first kappa shape index (κ1) is 18.7. The second-order valence-corrected chi connectivity index (χ2v) is 6.31. The Bertz CT molecular complexity index is 1030. The number of amides is 1. The van der Waals surface area contributed by atoms with Gasteiger partial charge >= 0.3 is 0 Å². The summed E-state index contributed by atoms with van der Waals surface area (Å²) in [6, 6.07) is 15.7. The van der Waals surface area contributed by atoms with Crippen molar-refractivity contribution in [1.82, 2.24) is 9.55 Å². The highest BCUT2D eigenvalue weighted by Gasteiger charge is 2.13. The summed E-state index contributed by atoms with van der Waals surface area (Å²) >= 11 is 5.97. The normalized spacial score (nSPS) is 10.5. The van der Waals surface area contributed by atoms with Gasteiger partial charge in [0.05, 0.1) is 18.5 Å². The van der Waals surface area contributed by atoms with Gasteiger partial charge in [-0.25, -0.2) is 4.98 Å². The summed E-state index contributed by atoms with van der Waals surface area (Å²) in [5.74, 6) is 0.555. The van der Waals surface area contributed by atoms with Crippen molar-refractivity contribution >= 4 is 23.2 Å². The summed E-state index contributed by atoms with van der Waals surface area (Å²) in [7, 11) is 1.50. The Morgan fingerprint density at radius 3 is 2.59 bits per heavy atom. The Kier molecular flexibility index (Phi) is 5.57. The van der Waals surface area contributed by atoms with Crippen LogP contribution in [0.4, 0.5) is 5.69 Å². The SMILES string of the molecule is COc1ccc(Cl)cc1NC(=O)Cn1c(C)nc(-c2ccccc2)cc1=O. The van der Waals surface area contributed by atoms with Gasteiger partial charge in [-0.2, -0.15) is 0 Å². The molecular formula is C20H18ClN3O3. The molecule has 1 amide bonds. The first-order chi connectivity index (χ1) is 13.0. The Hall–Kier alpha value is -3.12. The van der Waals surface area contributed by atoms with Crippen molar-refractivity contribution in [2.45, 2.75) is 13.5 Å². The molecule has 0 saturated carbocycles. The second-order valence-electron chi connectivity index (χ2n) is 5.87. The predicted octanol–water partition coefficient (Wildman–Crippen LogP) is 3.52. The van der Waals surface area contributed by atoms with E-state index in [0.717, 1.165) is 5.56 Å². The molecule has 0 unspecified atom stereocenters. The lowest BCUT2D eigenvalue weighted by Crippen LogP contribution is -2.30. The van der Waals surface area contributed by atoms with Crippen molar-refractivity contribution < 1.29 is 9.53 Å². The summed E-state index contributed by atoms with van der Waals surface area (Å²) in [5.41, 5.74) is 1.56. The van der Waals surface area contributed by atoms with E-state index in [0.29, 0.717) is 28.0 Å². The Labute approximate surface area is 161 Å². The molecule has 3 rings (SSSR count). The van der Waals surface area contributed by atoms with Gasteiger partial charge in [-0.05, 0) is 25.1 Å². The van der Waals surface area contributed by atoms with E-state index in [4.69, 9.17) is 16.3 Å². The number of carbonyl (C=O) groups is 1. The number of hydrogen-bond donors (Lipinski definition) is 1. The summed E-state index contributed by atoms with van der Waals surface area (Å²) in [4.78, 5) is 29.4. The smallest absolute Gasteiger partial charge is 0.254 e. The third kappa shape index (κ3) is 4.35. The minimum atomic E-state index is -0.380. The number of nitrogens with one attached hydrogen (secondary N) is 1. The van der Waals surface area contributed by atoms with Gasteiger partial charge in [0.1, 0.15) is 18.1 Å². The molecule has 3 aromatic rings. The first-order valence-electron chi connectivity index (χ1n) is 8.25. The molecule has 0 saturated heterocycles. The zero-order valence-corrected chi connectivity index (χ0v) is 15.7. The largest absolute Gasteiger partial charge is 0.495 e. The van der Waals surface area contributed by atoms with E-state index in [2.05, 4.69) is 10.3 Å². The fraction of sp³-hybridized carbons (Fsp3) is 0.150. The Balaban J connectivity index is 1.83. The lowest BCUT2D eigenvalue weighted by atomic mass is 10.1. The molecular weight excluding hydrogens is 366 g/mol. The number of nitrogens with zero attached hydrogens (tertiary/aromatic N) is 2. The maximum Gasteiger partial charge on any atom is 0.254 e. The summed E-state index contributed by atoms with van der Waals surface area (Å²) in [6.07, 6.45) is 0. The van der Waals surface area contributed by atoms with Gasteiger partial charge in [0.25, 0.3) is 5.56 Å².